The summed E-state index contributed by atoms with van der Waals surface area (Å²) in [6, 6.07) is 10.4. The number of alkyl halides is 1. The molecule has 1 aromatic carbocycles. The molecule has 2 rings (SSSR count). The van der Waals surface area contributed by atoms with Crippen LogP contribution in [0.4, 0.5) is 5.69 Å². The molecule has 1 N–H and O–H groups in total. The van der Waals surface area contributed by atoms with Gasteiger partial charge in [-0.05, 0) is 26.0 Å². The SMILES string of the molecule is Cc1cc(NC(C)CCl)c2ccccc2n1. The molecule has 0 amide bonds. The maximum absolute atomic E-state index is 5.81. The fourth-order valence-corrected chi connectivity index (χ4v) is 1.81. The number of rotatable bonds is 3. The molecule has 0 bridgehead atoms. The van der Waals surface area contributed by atoms with Crippen molar-refractivity contribution in [2.45, 2.75) is 19.9 Å². The summed E-state index contributed by atoms with van der Waals surface area (Å²) in [5.74, 6) is 0.593. The summed E-state index contributed by atoms with van der Waals surface area (Å²) in [7, 11) is 0. The van der Waals surface area contributed by atoms with E-state index in [0.29, 0.717) is 5.88 Å². The molecular formula is C13H15ClN2. The Morgan fingerprint density at radius 2 is 2.12 bits per heavy atom. The van der Waals surface area contributed by atoms with Crippen LogP contribution in [0, 0.1) is 6.92 Å². The van der Waals surface area contributed by atoms with Gasteiger partial charge in [-0.25, -0.2) is 0 Å². The smallest absolute Gasteiger partial charge is 0.0725 e. The van der Waals surface area contributed by atoms with Crippen molar-refractivity contribution < 1.29 is 0 Å². The van der Waals surface area contributed by atoms with Crippen molar-refractivity contribution in [3.8, 4) is 0 Å². The standard InChI is InChI=1S/C13H15ClN2/c1-9-7-13(16-10(2)8-14)11-5-3-4-6-12(11)15-9/h3-7,10H,8H2,1-2H3,(H,15,16). The van der Waals surface area contributed by atoms with E-state index in [4.69, 9.17) is 11.6 Å². The molecule has 1 unspecified atom stereocenters. The molecule has 0 radical (unpaired) electrons. The predicted molar refractivity (Wildman–Crippen MR) is 70.3 cm³/mol. The number of hydrogen-bond donors (Lipinski definition) is 1. The number of anilines is 1. The van der Waals surface area contributed by atoms with Crippen molar-refractivity contribution >= 4 is 28.2 Å². The second-order valence-electron chi connectivity index (χ2n) is 4.03. The molecule has 0 aliphatic carbocycles. The van der Waals surface area contributed by atoms with Crippen LogP contribution >= 0.6 is 11.6 Å². The Kier molecular flexibility index (Phi) is 3.30. The van der Waals surface area contributed by atoms with Gasteiger partial charge in [-0.15, -0.1) is 11.6 Å². The molecule has 0 aliphatic heterocycles. The normalized spacial score (nSPS) is 12.7. The molecule has 0 fully saturated rings. The van der Waals surface area contributed by atoms with Gasteiger partial charge in [0.1, 0.15) is 0 Å². The molecular weight excluding hydrogens is 220 g/mol. The highest BCUT2D eigenvalue weighted by Crippen LogP contribution is 2.23. The molecule has 0 saturated carbocycles. The minimum atomic E-state index is 0.256. The van der Waals surface area contributed by atoms with Crippen molar-refractivity contribution in [3.05, 3.63) is 36.0 Å². The number of hydrogen-bond acceptors (Lipinski definition) is 2. The van der Waals surface area contributed by atoms with E-state index < -0.39 is 0 Å². The van der Waals surface area contributed by atoms with E-state index in [-0.39, 0.29) is 6.04 Å². The second kappa shape index (κ2) is 4.71. The molecule has 3 heteroatoms. The number of pyridine rings is 1. The first-order valence-electron chi connectivity index (χ1n) is 5.39. The van der Waals surface area contributed by atoms with Crippen LogP contribution in [0.1, 0.15) is 12.6 Å². The minimum Gasteiger partial charge on any atom is -0.381 e. The van der Waals surface area contributed by atoms with E-state index in [1.807, 2.05) is 25.1 Å². The van der Waals surface area contributed by atoms with Gasteiger partial charge in [0.15, 0.2) is 0 Å². The van der Waals surface area contributed by atoms with Crippen LogP contribution in [0.2, 0.25) is 0 Å². The fraction of sp³-hybridized carbons (Fsp3) is 0.308. The lowest BCUT2D eigenvalue weighted by molar-refractivity contribution is 0.909. The summed E-state index contributed by atoms with van der Waals surface area (Å²) >= 11 is 5.81. The van der Waals surface area contributed by atoms with Gasteiger partial charge >= 0.3 is 0 Å². The van der Waals surface area contributed by atoms with Crippen LogP contribution in [0.15, 0.2) is 30.3 Å². The molecule has 0 aliphatic rings. The summed E-state index contributed by atoms with van der Waals surface area (Å²) < 4.78 is 0. The van der Waals surface area contributed by atoms with Gasteiger partial charge in [-0.2, -0.15) is 0 Å². The van der Waals surface area contributed by atoms with Gasteiger partial charge in [0.2, 0.25) is 0 Å². The van der Waals surface area contributed by atoms with Gasteiger partial charge in [0.25, 0.3) is 0 Å². The van der Waals surface area contributed by atoms with Crippen molar-refractivity contribution in [2.75, 3.05) is 11.2 Å². The van der Waals surface area contributed by atoms with Crippen molar-refractivity contribution in [1.29, 1.82) is 0 Å². The van der Waals surface area contributed by atoms with E-state index in [0.717, 1.165) is 22.3 Å². The van der Waals surface area contributed by atoms with Gasteiger partial charge in [0, 0.05) is 28.7 Å². The molecule has 2 nitrogen and oxygen atoms in total. The van der Waals surface area contributed by atoms with Crippen LogP contribution < -0.4 is 5.32 Å². The number of benzene rings is 1. The first-order valence-corrected chi connectivity index (χ1v) is 5.93. The van der Waals surface area contributed by atoms with E-state index in [1.54, 1.807) is 0 Å². The molecule has 2 aromatic rings. The van der Waals surface area contributed by atoms with Gasteiger partial charge < -0.3 is 5.32 Å². The lowest BCUT2D eigenvalue weighted by Gasteiger charge is -2.14. The zero-order valence-electron chi connectivity index (χ0n) is 9.50. The van der Waals surface area contributed by atoms with Crippen LogP contribution in [0.5, 0.6) is 0 Å². The largest absolute Gasteiger partial charge is 0.381 e. The molecule has 1 aromatic heterocycles. The minimum absolute atomic E-state index is 0.256. The maximum Gasteiger partial charge on any atom is 0.0725 e. The lowest BCUT2D eigenvalue weighted by atomic mass is 10.1. The highest BCUT2D eigenvalue weighted by Gasteiger charge is 2.05. The summed E-state index contributed by atoms with van der Waals surface area (Å²) in [6.07, 6.45) is 0. The molecule has 16 heavy (non-hydrogen) atoms. The third-order valence-electron chi connectivity index (χ3n) is 2.48. The Bertz CT molecular complexity index is 496. The first-order chi connectivity index (χ1) is 7.70. The molecule has 1 atom stereocenters. The number of halogens is 1. The van der Waals surface area contributed by atoms with Crippen LogP contribution in [0.25, 0.3) is 10.9 Å². The third kappa shape index (κ3) is 2.27. The molecule has 1 heterocycles. The maximum atomic E-state index is 5.81. The number of nitrogens with one attached hydrogen (secondary N) is 1. The Morgan fingerprint density at radius 3 is 2.88 bits per heavy atom. The summed E-state index contributed by atoms with van der Waals surface area (Å²) in [5.41, 5.74) is 3.14. The van der Waals surface area contributed by atoms with Crippen LogP contribution in [-0.4, -0.2) is 16.9 Å². The summed E-state index contributed by atoms with van der Waals surface area (Å²) in [4.78, 5) is 4.50. The molecule has 84 valence electrons. The number of fused-ring (bicyclic) bond motifs is 1. The van der Waals surface area contributed by atoms with Crippen LogP contribution in [0.3, 0.4) is 0 Å². The topological polar surface area (TPSA) is 24.9 Å². The van der Waals surface area contributed by atoms with Crippen molar-refractivity contribution in [2.24, 2.45) is 0 Å². The predicted octanol–water partition coefficient (Wildman–Crippen LogP) is 3.58. The number of aryl methyl sites for hydroxylation is 1. The summed E-state index contributed by atoms with van der Waals surface area (Å²) in [5, 5.41) is 4.55. The third-order valence-corrected chi connectivity index (χ3v) is 2.94. The lowest BCUT2D eigenvalue weighted by Crippen LogP contribution is -2.16. The Labute approximate surface area is 101 Å². The highest BCUT2D eigenvalue weighted by atomic mass is 35.5. The average Bonchev–Trinajstić information content (AvgIpc) is 2.28. The number of para-hydroxylation sites is 1. The monoisotopic (exact) mass is 234 g/mol. The zero-order valence-corrected chi connectivity index (χ0v) is 10.3. The van der Waals surface area contributed by atoms with Crippen LogP contribution in [-0.2, 0) is 0 Å². The van der Waals surface area contributed by atoms with E-state index in [9.17, 15) is 0 Å². The van der Waals surface area contributed by atoms with Gasteiger partial charge in [-0.3, -0.25) is 4.98 Å². The molecule has 0 spiro atoms. The van der Waals surface area contributed by atoms with E-state index in [2.05, 4.69) is 29.4 Å². The first kappa shape index (κ1) is 11.2. The fourth-order valence-electron chi connectivity index (χ4n) is 1.73. The van der Waals surface area contributed by atoms with Crippen molar-refractivity contribution in [1.82, 2.24) is 4.98 Å². The Morgan fingerprint density at radius 1 is 1.38 bits per heavy atom. The zero-order chi connectivity index (χ0) is 11.5. The Hall–Kier alpha value is -1.28. The van der Waals surface area contributed by atoms with Crippen molar-refractivity contribution in [3.63, 3.8) is 0 Å². The Balaban J connectivity index is 2.50. The number of aromatic nitrogens is 1. The van der Waals surface area contributed by atoms with E-state index >= 15 is 0 Å². The average molecular weight is 235 g/mol. The number of nitrogens with zero attached hydrogens (tertiary/aromatic N) is 1. The highest BCUT2D eigenvalue weighted by molar-refractivity contribution is 6.18. The summed E-state index contributed by atoms with van der Waals surface area (Å²) in [6.45, 7) is 4.07. The second-order valence-corrected chi connectivity index (χ2v) is 4.34. The van der Waals surface area contributed by atoms with Gasteiger partial charge in [0.05, 0.1) is 5.52 Å². The molecule has 0 saturated heterocycles. The quantitative estimate of drug-likeness (QED) is 0.822. The van der Waals surface area contributed by atoms with E-state index in [1.165, 1.54) is 0 Å². The van der Waals surface area contributed by atoms with Gasteiger partial charge in [-0.1, -0.05) is 18.2 Å².